The first-order chi connectivity index (χ1) is 16.0. The van der Waals surface area contributed by atoms with Crippen molar-refractivity contribution in [3.8, 4) is 11.1 Å². The number of hydrogen-bond donors (Lipinski definition) is 4. The molecular formula is C25H35N5O2S. The second kappa shape index (κ2) is 9.72. The Bertz CT molecular complexity index is 1040. The van der Waals surface area contributed by atoms with Crippen molar-refractivity contribution in [2.45, 2.75) is 56.1 Å². The van der Waals surface area contributed by atoms with E-state index in [1.807, 2.05) is 18.2 Å². The minimum Gasteiger partial charge on any atom is -0.328 e. The molecule has 2 atom stereocenters. The van der Waals surface area contributed by atoms with E-state index in [4.69, 9.17) is 5.73 Å². The highest BCUT2D eigenvalue weighted by Crippen LogP contribution is 2.42. The number of nitrogens with one attached hydrogen (secondary N) is 3. The molecule has 5 rings (SSSR count). The van der Waals surface area contributed by atoms with Crippen molar-refractivity contribution in [1.29, 1.82) is 0 Å². The molecule has 1 saturated heterocycles. The maximum absolute atomic E-state index is 12.7. The van der Waals surface area contributed by atoms with Gasteiger partial charge in [-0.25, -0.2) is 0 Å². The summed E-state index contributed by atoms with van der Waals surface area (Å²) in [4.78, 5) is 0. The summed E-state index contributed by atoms with van der Waals surface area (Å²) >= 11 is 0. The molecule has 1 unspecified atom stereocenters. The summed E-state index contributed by atoms with van der Waals surface area (Å²) in [6.45, 7) is 2.34. The Kier molecular flexibility index (Phi) is 6.72. The second-order valence-corrected chi connectivity index (χ2v) is 11.4. The lowest BCUT2D eigenvalue weighted by molar-refractivity contribution is 0.339. The maximum atomic E-state index is 12.7. The van der Waals surface area contributed by atoms with E-state index in [0.717, 1.165) is 24.0 Å². The molecule has 0 aromatic heterocycles. The molecule has 1 aliphatic heterocycles. The molecule has 33 heavy (non-hydrogen) atoms. The Morgan fingerprint density at radius 3 is 2.39 bits per heavy atom. The molecule has 2 aromatic rings. The quantitative estimate of drug-likeness (QED) is 0.500. The first-order valence-electron chi connectivity index (χ1n) is 12.2. The Labute approximate surface area is 197 Å². The zero-order valence-electron chi connectivity index (χ0n) is 19.0. The third-order valence-electron chi connectivity index (χ3n) is 7.21. The fraction of sp³-hybridized carbons (Fsp3) is 0.520. The summed E-state index contributed by atoms with van der Waals surface area (Å²) in [6.07, 6.45) is 5.85. The molecule has 2 aliphatic carbocycles. The summed E-state index contributed by atoms with van der Waals surface area (Å²) in [5, 5.41) is 7.02. The van der Waals surface area contributed by atoms with E-state index in [9.17, 15) is 8.42 Å². The van der Waals surface area contributed by atoms with Crippen molar-refractivity contribution in [3.63, 3.8) is 0 Å². The van der Waals surface area contributed by atoms with Crippen LogP contribution in [0.15, 0.2) is 48.5 Å². The van der Waals surface area contributed by atoms with E-state index < -0.39 is 10.2 Å². The third-order valence-corrected chi connectivity index (χ3v) is 8.75. The molecular weight excluding hydrogens is 434 g/mol. The van der Waals surface area contributed by atoms with Crippen LogP contribution in [0.3, 0.4) is 0 Å². The molecule has 3 fully saturated rings. The van der Waals surface area contributed by atoms with Gasteiger partial charge in [-0.2, -0.15) is 12.7 Å². The summed E-state index contributed by atoms with van der Waals surface area (Å²) in [5.41, 5.74) is 10.1. The largest absolute Gasteiger partial charge is 0.328 e. The molecule has 0 radical (unpaired) electrons. The van der Waals surface area contributed by atoms with Gasteiger partial charge in [-0.05, 0) is 60.9 Å². The van der Waals surface area contributed by atoms with Gasteiger partial charge in [0.15, 0.2) is 0 Å². The van der Waals surface area contributed by atoms with Crippen LogP contribution < -0.4 is 21.1 Å². The van der Waals surface area contributed by atoms with Gasteiger partial charge in [-0.3, -0.25) is 4.72 Å². The van der Waals surface area contributed by atoms with Gasteiger partial charge in [0, 0.05) is 50.2 Å². The first-order valence-corrected chi connectivity index (χ1v) is 13.6. The van der Waals surface area contributed by atoms with Crippen LogP contribution in [-0.2, 0) is 10.2 Å². The van der Waals surface area contributed by atoms with Gasteiger partial charge in [0.25, 0.3) is 0 Å². The number of piperazine rings is 1. The van der Waals surface area contributed by atoms with E-state index >= 15 is 0 Å². The Hall–Kier alpha value is -1.97. The van der Waals surface area contributed by atoms with Crippen LogP contribution in [0, 0.1) is 0 Å². The Balaban J connectivity index is 1.20. The van der Waals surface area contributed by atoms with E-state index in [1.54, 1.807) is 6.07 Å². The van der Waals surface area contributed by atoms with Gasteiger partial charge in [-0.15, -0.1) is 0 Å². The number of rotatable bonds is 7. The van der Waals surface area contributed by atoms with Crippen molar-refractivity contribution >= 4 is 15.9 Å². The van der Waals surface area contributed by atoms with E-state index in [0.29, 0.717) is 55.9 Å². The van der Waals surface area contributed by atoms with Crippen LogP contribution in [0.5, 0.6) is 0 Å². The van der Waals surface area contributed by atoms with E-state index in [-0.39, 0.29) is 0 Å². The Morgan fingerprint density at radius 2 is 1.67 bits per heavy atom. The highest BCUT2D eigenvalue weighted by molar-refractivity contribution is 7.90. The standard InChI is InChI=1S/C25H35N5O2S/c26-21-8-10-22(11-9-21)28-25-17-24(25)19-6-4-18(5-7-19)20-2-1-3-23(16-20)29-33(31,32)30-14-12-27-13-15-30/h1-7,16,21-22,24-25,27-29H,8-15,17,26H2/t21?,22?,24?,25-/m0/s1. The smallest absolute Gasteiger partial charge is 0.301 e. The first kappa shape index (κ1) is 22.8. The molecule has 3 aliphatic rings. The van der Waals surface area contributed by atoms with E-state index in [2.05, 4.69) is 39.6 Å². The zero-order valence-corrected chi connectivity index (χ0v) is 19.9. The molecule has 2 saturated carbocycles. The second-order valence-electron chi connectivity index (χ2n) is 9.69. The van der Waals surface area contributed by atoms with Crippen LogP contribution in [-0.4, -0.2) is 57.0 Å². The minimum absolute atomic E-state index is 0.390. The highest BCUT2D eigenvalue weighted by Gasteiger charge is 2.39. The normalized spacial score (nSPS) is 28.4. The van der Waals surface area contributed by atoms with Crippen LogP contribution in [0.4, 0.5) is 5.69 Å². The predicted octanol–water partition coefficient (Wildman–Crippen LogP) is 2.63. The number of benzene rings is 2. The van der Waals surface area contributed by atoms with Crippen molar-refractivity contribution < 1.29 is 8.42 Å². The maximum Gasteiger partial charge on any atom is 0.301 e. The monoisotopic (exact) mass is 469 g/mol. The van der Waals surface area contributed by atoms with Gasteiger partial charge in [0.2, 0.25) is 0 Å². The number of nitrogens with two attached hydrogens (primary N) is 1. The fourth-order valence-corrected chi connectivity index (χ4v) is 6.34. The minimum atomic E-state index is -3.54. The molecule has 5 N–H and O–H groups in total. The van der Waals surface area contributed by atoms with E-state index in [1.165, 1.54) is 29.1 Å². The lowest BCUT2D eigenvalue weighted by atomic mass is 9.92. The lowest BCUT2D eigenvalue weighted by Gasteiger charge is -2.27. The molecule has 178 valence electrons. The number of nitrogens with zero attached hydrogens (tertiary/aromatic N) is 1. The van der Waals surface area contributed by atoms with Gasteiger partial charge in [0.05, 0.1) is 5.69 Å². The van der Waals surface area contributed by atoms with Gasteiger partial charge in [-0.1, -0.05) is 36.4 Å². The van der Waals surface area contributed by atoms with Crippen LogP contribution in [0.25, 0.3) is 11.1 Å². The van der Waals surface area contributed by atoms with Crippen molar-refractivity contribution in [2.75, 3.05) is 30.9 Å². The summed E-state index contributed by atoms with van der Waals surface area (Å²) in [5.74, 6) is 0.590. The summed E-state index contributed by atoms with van der Waals surface area (Å²) in [7, 11) is -3.54. The number of anilines is 1. The topological polar surface area (TPSA) is 99.5 Å². The lowest BCUT2D eigenvalue weighted by Crippen LogP contribution is -2.48. The van der Waals surface area contributed by atoms with Crippen molar-refractivity contribution in [1.82, 2.24) is 14.9 Å². The Morgan fingerprint density at radius 1 is 0.939 bits per heavy atom. The summed E-state index contributed by atoms with van der Waals surface area (Å²) in [6, 6.07) is 17.9. The zero-order chi connectivity index (χ0) is 22.8. The SMILES string of the molecule is NC1CCC(N[C@H]2CC2c2ccc(-c3cccc(NS(=O)(=O)N4CCNCC4)c3)cc2)CC1. The molecule has 0 bridgehead atoms. The fourth-order valence-electron chi connectivity index (χ4n) is 5.12. The summed E-state index contributed by atoms with van der Waals surface area (Å²) < 4.78 is 29.6. The third kappa shape index (κ3) is 5.58. The van der Waals surface area contributed by atoms with Gasteiger partial charge < -0.3 is 16.4 Å². The molecule has 7 nitrogen and oxygen atoms in total. The number of hydrogen-bond acceptors (Lipinski definition) is 5. The highest BCUT2D eigenvalue weighted by atomic mass is 32.2. The van der Waals surface area contributed by atoms with Crippen LogP contribution in [0.1, 0.15) is 43.6 Å². The predicted molar refractivity (Wildman–Crippen MR) is 133 cm³/mol. The van der Waals surface area contributed by atoms with Crippen LogP contribution in [0.2, 0.25) is 0 Å². The molecule has 2 aromatic carbocycles. The van der Waals surface area contributed by atoms with Gasteiger partial charge in [0.1, 0.15) is 0 Å². The average molecular weight is 470 g/mol. The average Bonchev–Trinajstić information content (AvgIpc) is 3.60. The van der Waals surface area contributed by atoms with Crippen LogP contribution >= 0.6 is 0 Å². The molecule has 1 heterocycles. The molecule has 0 amide bonds. The molecule has 8 heteroatoms. The molecule has 0 spiro atoms. The van der Waals surface area contributed by atoms with Gasteiger partial charge >= 0.3 is 10.2 Å². The van der Waals surface area contributed by atoms with Crippen molar-refractivity contribution in [3.05, 3.63) is 54.1 Å². The van der Waals surface area contributed by atoms with Crippen molar-refractivity contribution in [2.24, 2.45) is 5.73 Å².